The number of carbonyl (C=O) groups is 1. The number of carbonyl (C=O) groups excluding carboxylic acids is 1. The van der Waals surface area contributed by atoms with Gasteiger partial charge in [0.05, 0.1) is 6.10 Å². The zero-order chi connectivity index (χ0) is 15.1. The molecule has 1 aromatic rings. The van der Waals surface area contributed by atoms with Crippen LogP contribution in [0.5, 0.6) is 0 Å². The maximum absolute atomic E-state index is 11.9. The normalized spacial score (nSPS) is 19.2. The van der Waals surface area contributed by atoms with E-state index in [-0.39, 0.29) is 12.2 Å². The van der Waals surface area contributed by atoms with Gasteiger partial charge in [0.15, 0.2) is 0 Å². The van der Waals surface area contributed by atoms with Gasteiger partial charge in [0.1, 0.15) is 6.61 Å². The number of hydrogen-bond donors (Lipinski definition) is 1. The first-order chi connectivity index (χ1) is 10.1. The van der Waals surface area contributed by atoms with Crippen molar-refractivity contribution in [2.75, 3.05) is 33.2 Å². The number of likely N-dealkylation sites (tertiary alicyclic amines) is 1. The molecule has 2 rings (SSSR count). The van der Waals surface area contributed by atoms with Crippen molar-refractivity contribution in [3.05, 3.63) is 35.9 Å². The van der Waals surface area contributed by atoms with Crippen LogP contribution in [0.3, 0.4) is 0 Å². The number of benzene rings is 1. The predicted molar refractivity (Wildman–Crippen MR) is 80.9 cm³/mol. The van der Waals surface area contributed by atoms with Crippen molar-refractivity contribution in [2.45, 2.75) is 25.6 Å². The van der Waals surface area contributed by atoms with Gasteiger partial charge in [-0.3, -0.25) is 4.90 Å². The highest BCUT2D eigenvalue weighted by Crippen LogP contribution is 2.09. The van der Waals surface area contributed by atoms with Crippen LogP contribution in [0.2, 0.25) is 0 Å². The van der Waals surface area contributed by atoms with Crippen LogP contribution in [0.25, 0.3) is 0 Å². The van der Waals surface area contributed by atoms with Crippen LogP contribution < -0.4 is 0 Å². The summed E-state index contributed by atoms with van der Waals surface area (Å²) in [6.45, 7) is 3.37. The number of β-amino-alcohol motifs (C(OH)–C–C–N with tert-alkyl or cyclic N) is 1. The Labute approximate surface area is 126 Å². The third-order valence-electron chi connectivity index (χ3n) is 3.75. The number of aliphatic hydroxyl groups excluding tert-OH is 1. The van der Waals surface area contributed by atoms with E-state index in [1.54, 1.807) is 11.9 Å². The first-order valence-electron chi connectivity index (χ1n) is 7.47. The molecule has 0 aliphatic carbocycles. The van der Waals surface area contributed by atoms with Crippen molar-refractivity contribution in [3.63, 3.8) is 0 Å². The second-order valence-corrected chi connectivity index (χ2v) is 5.56. The van der Waals surface area contributed by atoms with Crippen LogP contribution in [-0.4, -0.2) is 60.3 Å². The Bertz CT molecular complexity index is 438. The minimum atomic E-state index is -0.309. The van der Waals surface area contributed by atoms with Gasteiger partial charge < -0.3 is 14.7 Å². The first kappa shape index (κ1) is 15.8. The minimum Gasteiger partial charge on any atom is -0.445 e. The van der Waals surface area contributed by atoms with Crippen molar-refractivity contribution in [1.82, 2.24) is 9.80 Å². The van der Waals surface area contributed by atoms with Crippen molar-refractivity contribution in [3.8, 4) is 0 Å². The molecule has 1 saturated heterocycles. The number of likely N-dealkylation sites (N-methyl/N-ethyl adjacent to an activating group) is 1. The quantitative estimate of drug-likeness (QED) is 0.897. The van der Waals surface area contributed by atoms with Crippen LogP contribution in [0.15, 0.2) is 30.3 Å². The third kappa shape index (κ3) is 5.36. The highest BCUT2D eigenvalue weighted by Gasteiger charge is 2.18. The Morgan fingerprint density at radius 2 is 2.19 bits per heavy atom. The molecule has 5 heteroatoms. The average molecular weight is 292 g/mol. The molecule has 0 spiro atoms. The zero-order valence-corrected chi connectivity index (χ0v) is 12.6. The Kier molecular flexibility index (Phi) is 6.02. The SMILES string of the molecule is CN(CCN1CCCC(O)C1)C(=O)OCc1ccccc1. The molecule has 5 nitrogen and oxygen atoms in total. The summed E-state index contributed by atoms with van der Waals surface area (Å²) in [5, 5.41) is 9.62. The molecule has 0 radical (unpaired) electrons. The van der Waals surface area contributed by atoms with Crippen molar-refractivity contribution >= 4 is 6.09 Å². The average Bonchev–Trinajstić information content (AvgIpc) is 2.51. The molecule has 1 atom stereocenters. The van der Waals surface area contributed by atoms with E-state index in [1.165, 1.54) is 0 Å². The standard InChI is InChI=1S/C16H24N2O3/c1-17(10-11-18-9-5-8-15(19)12-18)16(20)21-13-14-6-3-2-4-7-14/h2-4,6-7,15,19H,5,8-13H2,1H3. The molecule has 1 fully saturated rings. The van der Waals surface area contributed by atoms with E-state index in [2.05, 4.69) is 4.90 Å². The van der Waals surface area contributed by atoms with E-state index in [4.69, 9.17) is 4.74 Å². The summed E-state index contributed by atoms with van der Waals surface area (Å²) in [6, 6.07) is 9.65. The molecule has 1 aromatic carbocycles. The Hall–Kier alpha value is -1.59. The third-order valence-corrected chi connectivity index (χ3v) is 3.75. The Morgan fingerprint density at radius 1 is 1.43 bits per heavy atom. The molecular weight excluding hydrogens is 268 g/mol. The smallest absolute Gasteiger partial charge is 0.409 e. The maximum atomic E-state index is 11.9. The van der Waals surface area contributed by atoms with E-state index in [0.29, 0.717) is 19.7 Å². The van der Waals surface area contributed by atoms with Crippen LogP contribution in [0.1, 0.15) is 18.4 Å². The van der Waals surface area contributed by atoms with Gasteiger partial charge in [-0.25, -0.2) is 4.79 Å². The first-order valence-corrected chi connectivity index (χ1v) is 7.47. The number of aliphatic hydroxyl groups is 1. The van der Waals surface area contributed by atoms with E-state index in [1.807, 2.05) is 30.3 Å². The van der Waals surface area contributed by atoms with Gasteiger partial charge in [-0.1, -0.05) is 30.3 Å². The summed E-state index contributed by atoms with van der Waals surface area (Å²) in [5.41, 5.74) is 0.985. The fraction of sp³-hybridized carbons (Fsp3) is 0.562. The highest BCUT2D eigenvalue weighted by atomic mass is 16.6. The van der Waals surface area contributed by atoms with Crippen LogP contribution in [0.4, 0.5) is 4.79 Å². The molecule has 0 aromatic heterocycles. The fourth-order valence-corrected chi connectivity index (χ4v) is 2.45. The van der Waals surface area contributed by atoms with Crippen LogP contribution >= 0.6 is 0 Å². The molecule has 21 heavy (non-hydrogen) atoms. The van der Waals surface area contributed by atoms with E-state index in [9.17, 15) is 9.90 Å². The summed E-state index contributed by atoms with van der Waals surface area (Å²) in [4.78, 5) is 15.7. The topological polar surface area (TPSA) is 53.0 Å². The number of ether oxygens (including phenoxy) is 1. The fourth-order valence-electron chi connectivity index (χ4n) is 2.45. The minimum absolute atomic E-state index is 0.228. The van der Waals surface area contributed by atoms with Gasteiger partial charge in [0, 0.05) is 26.7 Å². The van der Waals surface area contributed by atoms with Crippen LogP contribution in [0, 0.1) is 0 Å². The molecule has 0 saturated carbocycles. The lowest BCUT2D eigenvalue weighted by Gasteiger charge is -2.31. The maximum Gasteiger partial charge on any atom is 0.409 e. The number of hydrogen-bond acceptors (Lipinski definition) is 4. The Balaban J connectivity index is 1.67. The molecule has 0 bridgehead atoms. The number of piperidine rings is 1. The number of nitrogens with zero attached hydrogens (tertiary/aromatic N) is 2. The summed E-state index contributed by atoms with van der Waals surface area (Å²) >= 11 is 0. The number of rotatable bonds is 5. The lowest BCUT2D eigenvalue weighted by Crippen LogP contribution is -2.43. The van der Waals surface area contributed by atoms with E-state index in [0.717, 1.165) is 31.5 Å². The van der Waals surface area contributed by atoms with E-state index >= 15 is 0 Å². The second-order valence-electron chi connectivity index (χ2n) is 5.56. The summed E-state index contributed by atoms with van der Waals surface area (Å²) in [7, 11) is 1.74. The molecule has 1 unspecified atom stereocenters. The van der Waals surface area contributed by atoms with Crippen molar-refractivity contribution in [1.29, 1.82) is 0 Å². The highest BCUT2D eigenvalue weighted by molar-refractivity contribution is 5.67. The molecule has 1 aliphatic heterocycles. The van der Waals surface area contributed by atoms with Gasteiger partial charge in [0.25, 0.3) is 0 Å². The monoisotopic (exact) mass is 292 g/mol. The molecule has 116 valence electrons. The zero-order valence-electron chi connectivity index (χ0n) is 12.6. The number of amides is 1. The van der Waals surface area contributed by atoms with Crippen LogP contribution in [-0.2, 0) is 11.3 Å². The lowest BCUT2D eigenvalue weighted by molar-refractivity contribution is 0.0620. The summed E-state index contributed by atoms with van der Waals surface area (Å²) in [5.74, 6) is 0. The van der Waals surface area contributed by atoms with Gasteiger partial charge >= 0.3 is 6.09 Å². The predicted octanol–water partition coefficient (Wildman–Crippen LogP) is 1.71. The molecule has 1 aliphatic rings. The Morgan fingerprint density at radius 3 is 2.90 bits per heavy atom. The van der Waals surface area contributed by atoms with E-state index < -0.39 is 0 Å². The van der Waals surface area contributed by atoms with Gasteiger partial charge in [-0.05, 0) is 24.9 Å². The summed E-state index contributed by atoms with van der Waals surface area (Å²) < 4.78 is 5.27. The van der Waals surface area contributed by atoms with Crippen molar-refractivity contribution < 1.29 is 14.6 Å². The second kappa shape index (κ2) is 8.00. The molecular formula is C16H24N2O3. The molecule has 1 amide bonds. The van der Waals surface area contributed by atoms with Gasteiger partial charge in [-0.2, -0.15) is 0 Å². The van der Waals surface area contributed by atoms with Gasteiger partial charge in [0.2, 0.25) is 0 Å². The summed E-state index contributed by atoms with van der Waals surface area (Å²) in [6.07, 6.45) is 1.36. The lowest BCUT2D eigenvalue weighted by atomic mass is 10.1. The van der Waals surface area contributed by atoms with Gasteiger partial charge in [-0.15, -0.1) is 0 Å². The molecule has 1 N–H and O–H groups in total. The van der Waals surface area contributed by atoms with Crippen molar-refractivity contribution in [2.24, 2.45) is 0 Å². The molecule has 1 heterocycles. The largest absolute Gasteiger partial charge is 0.445 e.